The highest BCUT2D eigenvalue weighted by Gasteiger charge is 2.28. The maximum absolute atomic E-state index is 13.7. The first-order valence-corrected chi connectivity index (χ1v) is 14.0. The quantitative estimate of drug-likeness (QED) is 0.440. The molecule has 36 heavy (non-hydrogen) atoms. The molecular formula is C25H32BrF2N3O4S. The molecule has 7 nitrogen and oxygen atoms in total. The summed E-state index contributed by atoms with van der Waals surface area (Å²) >= 11 is 3.41. The summed E-state index contributed by atoms with van der Waals surface area (Å²) in [4.78, 5) is 27.6. The van der Waals surface area contributed by atoms with E-state index in [1.807, 2.05) is 45.0 Å². The van der Waals surface area contributed by atoms with Gasteiger partial charge in [-0.1, -0.05) is 28.1 Å². The molecule has 2 aromatic carbocycles. The molecule has 11 heteroatoms. The molecule has 0 saturated carbocycles. The molecule has 0 unspecified atom stereocenters. The fourth-order valence-electron chi connectivity index (χ4n) is 3.53. The molecule has 198 valence electrons. The van der Waals surface area contributed by atoms with E-state index in [1.165, 1.54) is 11.0 Å². The Labute approximate surface area is 220 Å². The lowest BCUT2D eigenvalue weighted by molar-refractivity contribution is -0.141. The van der Waals surface area contributed by atoms with E-state index in [9.17, 15) is 26.8 Å². The predicted molar refractivity (Wildman–Crippen MR) is 140 cm³/mol. The van der Waals surface area contributed by atoms with Crippen LogP contribution in [0.15, 0.2) is 46.9 Å². The van der Waals surface area contributed by atoms with Crippen molar-refractivity contribution in [3.63, 3.8) is 0 Å². The molecule has 0 saturated heterocycles. The molecule has 2 aromatic rings. The minimum absolute atomic E-state index is 0.0345. The number of nitrogens with zero attached hydrogens (tertiary/aromatic N) is 2. The first-order valence-electron chi connectivity index (χ1n) is 11.4. The number of halogens is 3. The molecule has 1 N–H and O–H groups in total. The van der Waals surface area contributed by atoms with Gasteiger partial charge in [0.15, 0.2) is 11.6 Å². The van der Waals surface area contributed by atoms with Crippen molar-refractivity contribution in [3.05, 3.63) is 64.1 Å². The highest BCUT2D eigenvalue weighted by molar-refractivity contribution is 9.10. The largest absolute Gasteiger partial charge is 0.350 e. The monoisotopic (exact) mass is 587 g/mol. The van der Waals surface area contributed by atoms with Crippen LogP contribution >= 0.6 is 15.9 Å². The van der Waals surface area contributed by atoms with Gasteiger partial charge in [-0.3, -0.25) is 13.9 Å². The third-order valence-electron chi connectivity index (χ3n) is 5.25. The van der Waals surface area contributed by atoms with Gasteiger partial charge in [-0.15, -0.1) is 0 Å². The molecular weight excluding hydrogens is 556 g/mol. The maximum atomic E-state index is 13.7. The number of rotatable bonds is 10. The third-order valence-corrected chi connectivity index (χ3v) is 6.94. The van der Waals surface area contributed by atoms with Crippen LogP contribution in [-0.4, -0.2) is 49.5 Å². The van der Waals surface area contributed by atoms with E-state index in [2.05, 4.69) is 21.2 Å². The molecule has 1 atom stereocenters. The van der Waals surface area contributed by atoms with Gasteiger partial charge >= 0.3 is 0 Å². The highest BCUT2D eigenvalue weighted by atomic mass is 79.9. The lowest BCUT2D eigenvalue weighted by Crippen LogP contribution is -2.52. The van der Waals surface area contributed by atoms with Gasteiger partial charge < -0.3 is 10.2 Å². The van der Waals surface area contributed by atoms with Crippen molar-refractivity contribution >= 4 is 43.5 Å². The lowest BCUT2D eigenvalue weighted by Gasteiger charge is -2.32. The van der Waals surface area contributed by atoms with Crippen molar-refractivity contribution in [1.29, 1.82) is 0 Å². The summed E-state index contributed by atoms with van der Waals surface area (Å²) in [6.07, 6.45) is 0.999. The van der Waals surface area contributed by atoms with Crippen LogP contribution in [0, 0.1) is 11.6 Å². The predicted octanol–water partition coefficient (Wildman–Crippen LogP) is 4.61. The van der Waals surface area contributed by atoms with E-state index < -0.39 is 33.2 Å². The highest BCUT2D eigenvalue weighted by Crippen LogP contribution is 2.22. The summed E-state index contributed by atoms with van der Waals surface area (Å²) in [5.41, 5.74) is 0.288. The summed E-state index contributed by atoms with van der Waals surface area (Å²) in [5, 5.41) is 2.88. The summed E-state index contributed by atoms with van der Waals surface area (Å²) in [7, 11) is -3.82. The molecule has 2 amide bonds. The van der Waals surface area contributed by atoms with Crippen molar-refractivity contribution < 1.29 is 26.8 Å². The lowest BCUT2D eigenvalue weighted by atomic mass is 10.1. The molecule has 2 rings (SSSR count). The Bertz CT molecular complexity index is 1200. The van der Waals surface area contributed by atoms with Crippen LogP contribution in [0.3, 0.4) is 0 Å². The van der Waals surface area contributed by atoms with E-state index in [0.717, 1.165) is 32.7 Å². The van der Waals surface area contributed by atoms with Gasteiger partial charge in [0.2, 0.25) is 21.8 Å². The fourth-order valence-corrected chi connectivity index (χ4v) is 4.94. The summed E-state index contributed by atoms with van der Waals surface area (Å²) < 4.78 is 53.4. The number of hydrogen-bond donors (Lipinski definition) is 1. The zero-order chi connectivity index (χ0) is 27.3. The molecule has 0 heterocycles. The van der Waals surface area contributed by atoms with Gasteiger partial charge in [-0.2, -0.15) is 0 Å². The maximum Gasteiger partial charge on any atom is 0.242 e. The number of hydrogen-bond acceptors (Lipinski definition) is 4. The van der Waals surface area contributed by atoms with Crippen molar-refractivity contribution in [2.45, 2.75) is 58.7 Å². The van der Waals surface area contributed by atoms with E-state index in [0.29, 0.717) is 0 Å². The van der Waals surface area contributed by atoms with Crippen LogP contribution in [-0.2, 0) is 26.2 Å². The second-order valence-corrected chi connectivity index (χ2v) is 12.4. The second-order valence-electron chi connectivity index (χ2n) is 9.60. The molecule has 0 aliphatic rings. The molecule has 0 fully saturated rings. The SMILES string of the molecule is C[C@H](C(=O)NC(C)(C)C)N(Cc1cccc(Br)c1)C(=O)CCCN(c1ccc(F)c(F)c1)S(C)(=O)=O. The number of anilines is 1. The Kier molecular flexibility index (Phi) is 10.0. The smallest absolute Gasteiger partial charge is 0.242 e. The molecule has 0 bridgehead atoms. The van der Waals surface area contributed by atoms with Crippen molar-refractivity contribution in [3.8, 4) is 0 Å². The van der Waals surface area contributed by atoms with Crippen LogP contribution in [0.25, 0.3) is 0 Å². The van der Waals surface area contributed by atoms with Crippen LogP contribution in [0.4, 0.5) is 14.5 Å². The Balaban J connectivity index is 2.21. The molecule has 0 spiro atoms. The Morgan fingerprint density at radius 3 is 2.31 bits per heavy atom. The van der Waals surface area contributed by atoms with E-state index in [-0.39, 0.29) is 43.4 Å². The Hall–Kier alpha value is -2.53. The second kappa shape index (κ2) is 12.1. The summed E-state index contributed by atoms with van der Waals surface area (Å²) in [6, 6.07) is 9.40. The summed E-state index contributed by atoms with van der Waals surface area (Å²) in [6.45, 7) is 7.22. The van der Waals surface area contributed by atoms with Gasteiger partial charge in [0.1, 0.15) is 6.04 Å². The van der Waals surface area contributed by atoms with Crippen molar-refractivity contribution in [2.24, 2.45) is 0 Å². The Morgan fingerprint density at radius 1 is 1.08 bits per heavy atom. The topological polar surface area (TPSA) is 86.8 Å². The minimum atomic E-state index is -3.82. The number of carbonyl (C=O) groups excluding carboxylic acids is 2. The van der Waals surface area contributed by atoms with Crippen LogP contribution in [0.2, 0.25) is 0 Å². The van der Waals surface area contributed by atoms with Gasteiger partial charge in [0.25, 0.3) is 0 Å². The number of amides is 2. The van der Waals surface area contributed by atoms with E-state index in [4.69, 9.17) is 0 Å². The average molecular weight is 589 g/mol. The molecule has 0 aromatic heterocycles. The van der Waals surface area contributed by atoms with Crippen LogP contribution in [0.1, 0.15) is 46.1 Å². The fraction of sp³-hybridized carbons (Fsp3) is 0.440. The van der Waals surface area contributed by atoms with Gasteiger partial charge in [0, 0.05) is 35.6 Å². The summed E-state index contributed by atoms with van der Waals surface area (Å²) in [5.74, 6) is -2.92. The van der Waals surface area contributed by atoms with Gasteiger partial charge in [-0.25, -0.2) is 17.2 Å². The molecule has 0 radical (unpaired) electrons. The Morgan fingerprint density at radius 2 is 1.75 bits per heavy atom. The number of sulfonamides is 1. The van der Waals surface area contributed by atoms with E-state index in [1.54, 1.807) is 6.92 Å². The van der Waals surface area contributed by atoms with Gasteiger partial charge in [0.05, 0.1) is 11.9 Å². The third kappa shape index (κ3) is 8.85. The zero-order valence-corrected chi connectivity index (χ0v) is 23.4. The van der Waals surface area contributed by atoms with Crippen LogP contribution in [0.5, 0.6) is 0 Å². The normalized spacial score (nSPS) is 12.7. The average Bonchev–Trinajstić information content (AvgIpc) is 2.74. The first-order chi connectivity index (χ1) is 16.6. The van der Waals surface area contributed by atoms with Crippen molar-refractivity contribution in [2.75, 3.05) is 17.1 Å². The number of carbonyl (C=O) groups is 2. The number of nitrogens with one attached hydrogen (secondary N) is 1. The molecule has 0 aliphatic carbocycles. The number of benzene rings is 2. The van der Waals surface area contributed by atoms with Gasteiger partial charge in [-0.05, 0) is 63.9 Å². The van der Waals surface area contributed by atoms with E-state index >= 15 is 0 Å². The zero-order valence-electron chi connectivity index (χ0n) is 21.0. The minimum Gasteiger partial charge on any atom is -0.350 e. The molecule has 0 aliphatic heterocycles. The van der Waals surface area contributed by atoms with Crippen molar-refractivity contribution in [1.82, 2.24) is 10.2 Å². The first kappa shape index (κ1) is 29.7. The van der Waals surface area contributed by atoms with Crippen LogP contribution < -0.4 is 9.62 Å². The standard InChI is InChI=1S/C25H32BrF2N3O4S/c1-17(24(33)29-25(2,3)4)30(16-18-8-6-9-19(26)14-18)23(32)10-7-13-31(36(5,34)35)20-11-12-21(27)22(28)15-20/h6,8-9,11-12,14-15,17H,7,10,13,16H2,1-5H3,(H,29,33)/t17-/m1/s1.